The average Bonchev–Trinajstić information content (AvgIpc) is 3.19. The number of aromatic nitrogens is 1. The van der Waals surface area contributed by atoms with E-state index in [-0.39, 0.29) is 6.10 Å². The van der Waals surface area contributed by atoms with Gasteiger partial charge in [-0.2, -0.15) is 0 Å². The molecule has 0 amide bonds. The third kappa shape index (κ3) is 2.05. The molecule has 0 saturated carbocycles. The van der Waals surface area contributed by atoms with E-state index in [2.05, 4.69) is 28.7 Å². The van der Waals surface area contributed by atoms with Crippen LogP contribution in [0.25, 0.3) is 11.3 Å². The summed E-state index contributed by atoms with van der Waals surface area (Å²) in [6, 6.07) is 8.88. The van der Waals surface area contributed by atoms with E-state index in [4.69, 9.17) is 9.26 Å². The summed E-state index contributed by atoms with van der Waals surface area (Å²) in [5.74, 6) is 0.829. The average molecular weight is 270 g/mol. The first-order valence-corrected chi connectivity index (χ1v) is 7.31. The number of benzene rings is 1. The number of nitrogens with zero attached hydrogens (tertiary/aromatic N) is 1. The Balaban J connectivity index is 1.69. The Morgan fingerprint density at radius 1 is 1.25 bits per heavy atom. The molecule has 4 rings (SSSR count). The predicted molar refractivity (Wildman–Crippen MR) is 75.4 cm³/mol. The lowest BCUT2D eigenvalue weighted by molar-refractivity contribution is 0.0199. The Labute approximate surface area is 118 Å². The number of ether oxygens (including phenoxy) is 1. The SMILES string of the molecule is c1cc(-c2ccc3c(c2)CCO[C@H]3[C@@H]2CCCN2)on1. The summed E-state index contributed by atoms with van der Waals surface area (Å²) in [6.07, 6.45) is 5.30. The Bertz CT molecular complexity index is 589. The molecule has 4 nitrogen and oxygen atoms in total. The van der Waals surface area contributed by atoms with E-state index in [0.717, 1.165) is 30.9 Å². The number of hydrogen-bond acceptors (Lipinski definition) is 4. The maximum Gasteiger partial charge on any atom is 0.166 e. The Kier molecular flexibility index (Phi) is 3.05. The lowest BCUT2D eigenvalue weighted by Gasteiger charge is -2.30. The minimum Gasteiger partial charge on any atom is -0.372 e. The predicted octanol–water partition coefficient (Wildman–Crippen LogP) is 2.71. The molecule has 0 radical (unpaired) electrons. The molecule has 3 heterocycles. The largest absolute Gasteiger partial charge is 0.372 e. The second kappa shape index (κ2) is 5.04. The van der Waals surface area contributed by atoms with Crippen molar-refractivity contribution in [3.8, 4) is 11.3 Å². The first kappa shape index (κ1) is 12.1. The Hall–Kier alpha value is -1.65. The maximum absolute atomic E-state index is 6.02. The van der Waals surface area contributed by atoms with Gasteiger partial charge in [-0.15, -0.1) is 0 Å². The summed E-state index contributed by atoms with van der Waals surface area (Å²) in [4.78, 5) is 0. The van der Waals surface area contributed by atoms with Crippen molar-refractivity contribution in [3.63, 3.8) is 0 Å². The van der Waals surface area contributed by atoms with Crippen LogP contribution >= 0.6 is 0 Å². The van der Waals surface area contributed by atoms with Gasteiger partial charge in [0.2, 0.25) is 0 Å². The van der Waals surface area contributed by atoms with E-state index in [1.807, 2.05) is 6.07 Å². The lowest BCUT2D eigenvalue weighted by atomic mass is 9.91. The molecule has 0 bridgehead atoms. The molecule has 1 aromatic carbocycles. The molecule has 104 valence electrons. The van der Waals surface area contributed by atoms with Crippen LogP contribution in [0.4, 0.5) is 0 Å². The highest BCUT2D eigenvalue weighted by atomic mass is 16.5. The van der Waals surface area contributed by atoms with Crippen LogP contribution in [-0.4, -0.2) is 24.4 Å². The van der Waals surface area contributed by atoms with Crippen molar-refractivity contribution in [2.24, 2.45) is 0 Å². The van der Waals surface area contributed by atoms with Gasteiger partial charge in [-0.1, -0.05) is 17.3 Å². The third-order valence-corrected chi connectivity index (χ3v) is 4.30. The zero-order valence-corrected chi connectivity index (χ0v) is 11.3. The maximum atomic E-state index is 6.02. The summed E-state index contributed by atoms with van der Waals surface area (Å²) < 4.78 is 11.3. The van der Waals surface area contributed by atoms with Crippen molar-refractivity contribution in [3.05, 3.63) is 41.6 Å². The Morgan fingerprint density at radius 2 is 2.25 bits per heavy atom. The minimum absolute atomic E-state index is 0.199. The van der Waals surface area contributed by atoms with Crippen LogP contribution in [-0.2, 0) is 11.2 Å². The topological polar surface area (TPSA) is 47.3 Å². The smallest absolute Gasteiger partial charge is 0.166 e. The number of fused-ring (bicyclic) bond motifs is 1. The van der Waals surface area contributed by atoms with Crippen LogP contribution in [0.3, 0.4) is 0 Å². The molecule has 2 aliphatic rings. The summed E-state index contributed by atoms with van der Waals surface area (Å²) in [7, 11) is 0. The van der Waals surface area contributed by atoms with Gasteiger partial charge in [-0.05, 0) is 43.0 Å². The van der Waals surface area contributed by atoms with E-state index in [1.54, 1.807) is 6.20 Å². The van der Waals surface area contributed by atoms with E-state index < -0.39 is 0 Å². The second-order valence-corrected chi connectivity index (χ2v) is 5.53. The van der Waals surface area contributed by atoms with Crippen molar-refractivity contribution in [1.29, 1.82) is 0 Å². The third-order valence-electron chi connectivity index (χ3n) is 4.30. The number of hydrogen-bond donors (Lipinski definition) is 1. The highest BCUT2D eigenvalue weighted by Gasteiger charge is 2.30. The fourth-order valence-corrected chi connectivity index (χ4v) is 3.31. The molecule has 2 aliphatic heterocycles. The van der Waals surface area contributed by atoms with Gasteiger partial charge in [0.25, 0.3) is 0 Å². The van der Waals surface area contributed by atoms with Crippen LogP contribution < -0.4 is 5.32 Å². The standard InChI is InChI=1S/C16H18N2O2/c1-2-14(17-7-1)16-13-4-3-12(15-5-8-18-20-15)10-11(13)6-9-19-16/h3-5,8,10,14,16-17H,1-2,6-7,9H2/t14-,16+/m0/s1. The van der Waals surface area contributed by atoms with E-state index >= 15 is 0 Å². The molecule has 0 spiro atoms. The van der Waals surface area contributed by atoms with Gasteiger partial charge in [0.15, 0.2) is 5.76 Å². The molecule has 1 aromatic heterocycles. The van der Waals surface area contributed by atoms with Crippen molar-refractivity contribution < 1.29 is 9.26 Å². The van der Waals surface area contributed by atoms with E-state index in [9.17, 15) is 0 Å². The molecule has 1 fully saturated rings. The molecular formula is C16H18N2O2. The monoisotopic (exact) mass is 270 g/mol. The van der Waals surface area contributed by atoms with Gasteiger partial charge >= 0.3 is 0 Å². The zero-order chi connectivity index (χ0) is 13.4. The molecule has 20 heavy (non-hydrogen) atoms. The van der Waals surface area contributed by atoms with Crippen molar-refractivity contribution in [2.75, 3.05) is 13.2 Å². The fourth-order valence-electron chi connectivity index (χ4n) is 3.31. The summed E-state index contributed by atoms with van der Waals surface area (Å²) in [6.45, 7) is 1.91. The fraction of sp³-hybridized carbons (Fsp3) is 0.438. The molecule has 1 saturated heterocycles. The van der Waals surface area contributed by atoms with Gasteiger partial charge < -0.3 is 14.6 Å². The second-order valence-electron chi connectivity index (χ2n) is 5.53. The molecule has 4 heteroatoms. The van der Waals surface area contributed by atoms with Crippen LogP contribution in [0.15, 0.2) is 35.0 Å². The quantitative estimate of drug-likeness (QED) is 0.911. The van der Waals surface area contributed by atoms with Crippen molar-refractivity contribution >= 4 is 0 Å². The van der Waals surface area contributed by atoms with Gasteiger partial charge in [0, 0.05) is 17.7 Å². The van der Waals surface area contributed by atoms with Gasteiger partial charge in [-0.3, -0.25) is 0 Å². The summed E-state index contributed by atoms with van der Waals surface area (Å²) in [5.41, 5.74) is 3.81. The number of nitrogens with one attached hydrogen (secondary N) is 1. The van der Waals surface area contributed by atoms with Gasteiger partial charge in [-0.25, -0.2) is 0 Å². The van der Waals surface area contributed by atoms with Crippen molar-refractivity contribution in [2.45, 2.75) is 31.4 Å². The van der Waals surface area contributed by atoms with Crippen molar-refractivity contribution in [1.82, 2.24) is 10.5 Å². The molecule has 0 unspecified atom stereocenters. The number of rotatable bonds is 2. The van der Waals surface area contributed by atoms with Crippen LogP contribution in [0, 0.1) is 0 Å². The molecule has 2 atom stereocenters. The lowest BCUT2D eigenvalue weighted by Crippen LogP contribution is -2.33. The molecule has 0 aliphatic carbocycles. The molecule has 1 N–H and O–H groups in total. The first-order valence-electron chi connectivity index (χ1n) is 7.31. The van der Waals surface area contributed by atoms with Crippen LogP contribution in [0.2, 0.25) is 0 Å². The highest BCUT2D eigenvalue weighted by molar-refractivity contribution is 5.59. The Morgan fingerprint density at radius 3 is 3.05 bits per heavy atom. The highest BCUT2D eigenvalue weighted by Crippen LogP contribution is 2.35. The zero-order valence-electron chi connectivity index (χ0n) is 11.3. The first-order chi connectivity index (χ1) is 9.92. The minimum atomic E-state index is 0.199. The van der Waals surface area contributed by atoms with E-state index in [1.165, 1.54) is 24.0 Å². The normalized spacial score (nSPS) is 25.6. The van der Waals surface area contributed by atoms with Gasteiger partial charge in [0.05, 0.1) is 18.9 Å². The summed E-state index contributed by atoms with van der Waals surface area (Å²) >= 11 is 0. The van der Waals surface area contributed by atoms with E-state index in [0.29, 0.717) is 6.04 Å². The molecule has 2 aromatic rings. The van der Waals surface area contributed by atoms with Crippen LogP contribution in [0.1, 0.15) is 30.1 Å². The van der Waals surface area contributed by atoms with Crippen LogP contribution in [0.5, 0.6) is 0 Å². The van der Waals surface area contributed by atoms with Gasteiger partial charge in [0.1, 0.15) is 0 Å². The molecular weight excluding hydrogens is 252 g/mol. The summed E-state index contributed by atoms with van der Waals surface area (Å²) in [5, 5.41) is 7.33.